The van der Waals surface area contributed by atoms with E-state index in [1.807, 2.05) is 62.7 Å². The minimum absolute atomic E-state index is 0.0577. The summed E-state index contributed by atoms with van der Waals surface area (Å²) in [5.41, 5.74) is 6.20. The van der Waals surface area contributed by atoms with Crippen LogP contribution in [0.3, 0.4) is 0 Å². The molecule has 1 amide bonds. The maximum absolute atomic E-state index is 13.9. The van der Waals surface area contributed by atoms with Gasteiger partial charge in [0.1, 0.15) is 16.5 Å². The molecule has 13 heteroatoms. The second-order valence-corrected chi connectivity index (χ2v) is 13.3. The second-order valence-electron chi connectivity index (χ2n) is 11.4. The third kappa shape index (κ3) is 6.07. The molecule has 238 valence electrons. The van der Waals surface area contributed by atoms with Crippen LogP contribution in [0.25, 0.3) is 11.0 Å². The van der Waals surface area contributed by atoms with E-state index in [1.165, 1.54) is 16.6 Å². The van der Waals surface area contributed by atoms with Crippen molar-refractivity contribution in [2.75, 3.05) is 11.9 Å². The molecule has 0 radical (unpaired) electrons. The second kappa shape index (κ2) is 12.9. The molecule has 2 atom stereocenters. The number of aryl methyl sites for hydroxylation is 3. The van der Waals surface area contributed by atoms with Crippen molar-refractivity contribution in [3.05, 3.63) is 94.8 Å². The van der Waals surface area contributed by atoms with Crippen LogP contribution in [0.5, 0.6) is 5.88 Å². The lowest BCUT2D eigenvalue weighted by Gasteiger charge is -2.25. The SMILES string of the molecule is CC[C@@H]1CN(Cc2cc(C(CC(=O)Nc3cccnn3)c3ccc4c(nnn4CC)c3C)ccc2C)S(=O)(=O)c2cccnc2O1. The van der Waals surface area contributed by atoms with Crippen molar-refractivity contribution >= 4 is 32.8 Å². The highest BCUT2D eigenvalue weighted by molar-refractivity contribution is 7.89. The molecule has 6 rings (SSSR count). The van der Waals surface area contributed by atoms with Gasteiger partial charge in [0, 0.05) is 37.8 Å². The average Bonchev–Trinajstić information content (AvgIpc) is 3.45. The zero-order valence-electron chi connectivity index (χ0n) is 26.2. The van der Waals surface area contributed by atoms with E-state index in [2.05, 4.69) is 30.8 Å². The number of nitrogens with zero attached hydrogens (tertiary/aromatic N) is 7. The molecule has 5 aromatic rings. The Morgan fingerprint density at radius 2 is 1.89 bits per heavy atom. The fourth-order valence-electron chi connectivity index (χ4n) is 5.90. The number of anilines is 1. The van der Waals surface area contributed by atoms with Crippen molar-refractivity contribution in [1.29, 1.82) is 0 Å². The molecule has 0 saturated heterocycles. The molecule has 0 aliphatic carbocycles. The molecule has 0 bridgehead atoms. The number of aromatic nitrogens is 6. The van der Waals surface area contributed by atoms with E-state index in [4.69, 9.17) is 4.74 Å². The van der Waals surface area contributed by atoms with Gasteiger partial charge < -0.3 is 10.1 Å². The standard InChI is InChI=1S/C33H36N8O4S/c1-5-25-20-40(46(43,44)29-9-7-15-34-33(29)45-25)19-24-17-23(12-11-21(24)3)27(18-31(42)36-30-10-8-16-35-37-30)26-13-14-28-32(22(26)4)38-39-41(28)6-2/h7-17,25,27H,5-6,18-20H2,1-4H3,(H,36,37,42)/t25-,27?/m1/s1. The van der Waals surface area contributed by atoms with E-state index in [0.29, 0.717) is 18.8 Å². The van der Waals surface area contributed by atoms with Crippen LogP contribution in [0, 0.1) is 13.8 Å². The number of hydrogen-bond donors (Lipinski definition) is 1. The van der Waals surface area contributed by atoms with Gasteiger partial charge in [0.15, 0.2) is 5.82 Å². The predicted molar refractivity (Wildman–Crippen MR) is 173 cm³/mol. The molecule has 0 spiro atoms. The lowest BCUT2D eigenvalue weighted by molar-refractivity contribution is -0.116. The number of benzene rings is 2. The average molecular weight is 641 g/mol. The summed E-state index contributed by atoms with van der Waals surface area (Å²) < 4.78 is 37.1. The Hall–Kier alpha value is -4.75. The number of ether oxygens (including phenoxy) is 1. The van der Waals surface area contributed by atoms with Gasteiger partial charge in [0.2, 0.25) is 21.8 Å². The molecular formula is C33H36N8O4S. The molecule has 1 unspecified atom stereocenters. The molecule has 4 heterocycles. The highest BCUT2D eigenvalue weighted by atomic mass is 32.2. The van der Waals surface area contributed by atoms with Gasteiger partial charge in [-0.25, -0.2) is 18.1 Å². The number of nitrogens with one attached hydrogen (secondary N) is 1. The van der Waals surface area contributed by atoms with Crippen molar-refractivity contribution in [3.8, 4) is 5.88 Å². The van der Waals surface area contributed by atoms with Crippen LogP contribution >= 0.6 is 0 Å². The largest absolute Gasteiger partial charge is 0.472 e. The summed E-state index contributed by atoms with van der Waals surface area (Å²) in [6.07, 6.45) is 3.46. The molecule has 1 aliphatic heterocycles. The van der Waals surface area contributed by atoms with Crippen molar-refractivity contribution in [1.82, 2.24) is 34.5 Å². The number of carbonyl (C=O) groups is 1. The van der Waals surface area contributed by atoms with Gasteiger partial charge in [-0.15, -0.1) is 10.2 Å². The molecule has 1 N–H and O–H groups in total. The van der Waals surface area contributed by atoms with Crippen LogP contribution in [-0.2, 0) is 27.9 Å². The molecule has 46 heavy (non-hydrogen) atoms. The quantitative estimate of drug-likeness (QED) is 0.241. The summed E-state index contributed by atoms with van der Waals surface area (Å²) in [7, 11) is -3.90. The number of hydrogen-bond acceptors (Lipinski definition) is 9. The molecule has 2 aromatic carbocycles. The van der Waals surface area contributed by atoms with Crippen LogP contribution in [-0.4, -0.2) is 61.5 Å². The summed E-state index contributed by atoms with van der Waals surface area (Å²) in [6, 6.07) is 16.5. The lowest BCUT2D eigenvalue weighted by atomic mass is 9.84. The maximum Gasteiger partial charge on any atom is 0.248 e. The van der Waals surface area contributed by atoms with Crippen LogP contribution in [0.15, 0.2) is 71.9 Å². The number of amides is 1. The molecule has 0 fully saturated rings. The fourth-order valence-corrected chi connectivity index (χ4v) is 7.42. The monoisotopic (exact) mass is 640 g/mol. The van der Waals surface area contributed by atoms with Gasteiger partial charge in [-0.05, 0) is 85.3 Å². The Morgan fingerprint density at radius 3 is 2.65 bits per heavy atom. The van der Waals surface area contributed by atoms with Crippen molar-refractivity contribution in [3.63, 3.8) is 0 Å². The number of fused-ring (bicyclic) bond motifs is 2. The van der Waals surface area contributed by atoms with Crippen LogP contribution < -0.4 is 10.1 Å². The first-order valence-electron chi connectivity index (χ1n) is 15.3. The highest BCUT2D eigenvalue weighted by Crippen LogP contribution is 2.36. The van der Waals surface area contributed by atoms with E-state index < -0.39 is 10.0 Å². The summed E-state index contributed by atoms with van der Waals surface area (Å²) >= 11 is 0. The van der Waals surface area contributed by atoms with E-state index in [-0.39, 0.29) is 48.2 Å². The number of pyridine rings is 1. The van der Waals surface area contributed by atoms with E-state index in [9.17, 15) is 13.2 Å². The van der Waals surface area contributed by atoms with Gasteiger partial charge in [0.25, 0.3) is 0 Å². The molecule has 3 aromatic heterocycles. The zero-order chi connectivity index (χ0) is 32.4. The Bertz CT molecular complexity index is 2000. The zero-order valence-corrected chi connectivity index (χ0v) is 27.0. The van der Waals surface area contributed by atoms with Crippen LogP contribution in [0.4, 0.5) is 5.82 Å². The predicted octanol–water partition coefficient (Wildman–Crippen LogP) is 4.78. The summed E-state index contributed by atoms with van der Waals surface area (Å²) in [4.78, 5) is 17.7. The van der Waals surface area contributed by atoms with Gasteiger partial charge in [0.05, 0.1) is 12.1 Å². The number of rotatable bonds is 9. The molecule has 1 aliphatic rings. The van der Waals surface area contributed by atoms with Crippen molar-refractivity contribution in [2.24, 2.45) is 0 Å². The minimum Gasteiger partial charge on any atom is -0.472 e. The van der Waals surface area contributed by atoms with E-state index in [0.717, 1.165) is 38.9 Å². The van der Waals surface area contributed by atoms with Crippen LogP contribution in [0.2, 0.25) is 0 Å². The highest BCUT2D eigenvalue weighted by Gasteiger charge is 2.35. The maximum atomic E-state index is 13.9. The Labute approximate surface area is 267 Å². The van der Waals surface area contributed by atoms with Gasteiger partial charge >= 0.3 is 0 Å². The Kier molecular flexibility index (Phi) is 8.78. The summed E-state index contributed by atoms with van der Waals surface area (Å²) in [5.74, 6) is -0.110. The lowest BCUT2D eigenvalue weighted by Crippen LogP contribution is -2.36. The minimum atomic E-state index is -3.90. The third-order valence-corrected chi connectivity index (χ3v) is 10.3. The topological polar surface area (TPSA) is 145 Å². The van der Waals surface area contributed by atoms with Gasteiger partial charge in [-0.2, -0.15) is 9.40 Å². The third-order valence-electron chi connectivity index (χ3n) is 8.50. The van der Waals surface area contributed by atoms with Crippen molar-refractivity contribution in [2.45, 2.75) is 70.5 Å². The van der Waals surface area contributed by atoms with Crippen molar-refractivity contribution < 1.29 is 17.9 Å². The smallest absolute Gasteiger partial charge is 0.248 e. The fraction of sp³-hybridized carbons (Fsp3) is 0.333. The van der Waals surface area contributed by atoms with Gasteiger partial charge in [-0.1, -0.05) is 36.4 Å². The van der Waals surface area contributed by atoms with Gasteiger partial charge in [-0.3, -0.25) is 4.79 Å². The first-order valence-corrected chi connectivity index (χ1v) is 16.7. The summed E-state index contributed by atoms with van der Waals surface area (Å²) in [5, 5.41) is 19.5. The first kappa shape index (κ1) is 31.2. The molecular weight excluding hydrogens is 604 g/mol. The molecule has 0 saturated carbocycles. The van der Waals surface area contributed by atoms with E-state index >= 15 is 0 Å². The summed E-state index contributed by atoms with van der Waals surface area (Å²) in [6.45, 7) is 8.94. The molecule has 12 nitrogen and oxygen atoms in total. The first-order chi connectivity index (χ1) is 22.2. The number of sulfonamides is 1. The van der Waals surface area contributed by atoms with Crippen LogP contribution in [0.1, 0.15) is 60.4 Å². The Morgan fingerprint density at radius 1 is 1.07 bits per heavy atom. The van der Waals surface area contributed by atoms with E-state index in [1.54, 1.807) is 24.4 Å². The normalized spacial score (nSPS) is 16.7. The Balaban J connectivity index is 1.40. The number of carbonyl (C=O) groups excluding carboxylic acids is 1.